The molecule has 2 amide bonds. The van der Waals surface area contributed by atoms with Gasteiger partial charge < -0.3 is 10.2 Å². The minimum absolute atomic E-state index is 0.0454. The molecule has 3 aromatic carbocycles. The summed E-state index contributed by atoms with van der Waals surface area (Å²) < 4.78 is 38.2. The first-order valence-corrected chi connectivity index (χ1v) is 9.09. The van der Waals surface area contributed by atoms with Crippen molar-refractivity contribution in [1.82, 2.24) is 10.2 Å². The molecule has 0 radical (unpaired) electrons. The number of fused-ring (bicyclic) bond motifs is 1. The van der Waals surface area contributed by atoms with Gasteiger partial charge in [0.2, 0.25) is 5.91 Å². The maximum absolute atomic E-state index is 12.7. The fraction of sp³-hybridized carbons (Fsp3) is 0.182. The fourth-order valence-corrected chi connectivity index (χ4v) is 3.40. The first-order valence-electron chi connectivity index (χ1n) is 9.09. The van der Waals surface area contributed by atoms with Crippen LogP contribution in [0.4, 0.5) is 13.2 Å². The predicted octanol–water partition coefficient (Wildman–Crippen LogP) is 4.10. The van der Waals surface area contributed by atoms with Crippen LogP contribution in [0.2, 0.25) is 0 Å². The summed E-state index contributed by atoms with van der Waals surface area (Å²) in [5.74, 6) is -0.375. The van der Waals surface area contributed by atoms with Crippen molar-refractivity contribution in [3.05, 3.63) is 71.8 Å². The summed E-state index contributed by atoms with van der Waals surface area (Å²) in [6.45, 7) is 0.952. The van der Waals surface area contributed by atoms with Gasteiger partial charge in [-0.2, -0.15) is 13.2 Å². The molecule has 1 aliphatic heterocycles. The van der Waals surface area contributed by atoms with Crippen molar-refractivity contribution in [2.75, 3.05) is 19.6 Å². The van der Waals surface area contributed by atoms with Crippen LogP contribution in [0.15, 0.2) is 60.7 Å². The van der Waals surface area contributed by atoms with Crippen molar-refractivity contribution in [3.8, 4) is 11.1 Å². The number of amides is 2. The topological polar surface area (TPSA) is 49.4 Å². The molecule has 0 aliphatic carbocycles. The summed E-state index contributed by atoms with van der Waals surface area (Å²) >= 11 is 0. The third-order valence-electron chi connectivity index (χ3n) is 4.96. The Morgan fingerprint density at radius 3 is 2.24 bits per heavy atom. The molecule has 1 fully saturated rings. The lowest BCUT2D eigenvalue weighted by molar-refractivity contribution is -0.137. The highest BCUT2D eigenvalue weighted by atomic mass is 19.4. The summed E-state index contributed by atoms with van der Waals surface area (Å²) in [5, 5.41) is 4.40. The van der Waals surface area contributed by atoms with E-state index in [1.165, 1.54) is 17.0 Å². The van der Waals surface area contributed by atoms with E-state index in [0.29, 0.717) is 24.2 Å². The summed E-state index contributed by atoms with van der Waals surface area (Å²) in [7, 11) is 0. The van der Waals surface area contributed by atoms with Gasteiger partial charge in [-0.15, -0.1) is 0 Å². The molecule has 4 nitrogen and oxygen atoms in total. The van der Waals surface area contributed by atoms with Gasteiger partial charge in [0.05, 0.1) is 12.1 Å². The van der Waals surface area contributed by atoms with Crippen LogP contribution in [-0.4, -0.2) is 36.3 Å². The Labute approximate surface area is 164 Å². The second-order valence-electron chi connectivity index (χ2n) is 6.93. The molecule has 148 valence electrons. The van der Waals surface area contributed by atoms with E-state index in [4.69, 9.17) is 0 Å². The second-order valence-corrected chi connectivity index (χ2v) is 6.93. The fourth-order valence-electron chi connectivity index (χ4n) is 3.40. The Morgan fingerprint density at radius 2 is 1.55 bits per heavy atom. The van der Waals surface area contributed by atoms with Gasteiger partial charge >= 0.3 is 6.18 Å². The van der Waals surface area contributed by atoms with Crippen LogP contribution in [0, 0.1) is 0 Å². The van der Waals surface area contributed by atoms with Crippen molar-refractivity contribution in [2.45, 2.75) is 6.18 Å². The Balaban J connectivity index is 1.60. The van der Waals surface area contributed by atoms with Gasteiger partial charge in [-0.3, -0.25) is 9.59 Å². The van der Waals surface area contributed by atoms with Gasteiger partial charge in [0, 0.05) is 18.7 Å². The Morgan fingerprint density at radius 1 is 0.897 bits per heavy atom. The lowest BCUT2D eigenvalue weighted by Gasteiger charge is -2.26. The smallest absolute Gasteiger partial charge is 0.353 e. The third kappa shape index (κ3) is 3.94. The molecule has 0 spiro atoms. The largest absolute Gasteiger partial charge is 0.416 e. The van der Waals surface area contributed by atoms with Crippen LogP contribution in [0.1, 0.15) is 15.9 Å². The Kier molecular flexibility index (Phi) is 4.74. The number of alkyl halides is 3. The van der Waals surface area contributed by atoms with E-state index in [-0.39, 0.29) is 18.4 Å². The SMILES string of the molecule is O=C1CN(C(=O)c2ccc3cc(-c4ccc(C(F)(F)F)cc4)ccc3c2)CCN1. The lowest BCUT2D eigenvalue weighted by atomic mass is 9.99. The number of carbonyl (C=O) groups excluding carboxylic acids is 2. The van der Waals surface area contributed by atoms with Crippen LogP contribution in [0.3, 0.4) is 0 Å². The highest BCUT2D eigenvalue weighted by Gasteiger charge is 2.30. The van der Waals surface area contributed by atoms with Crippen molar-refractivity contribution in [2.24, 2.45) is 0 Å². The maximum Gasteiger partial charge on any atom is 0.416 e. The van der Waals surface area contributed by atoms with E-state index >= 15 is 0 Å². The van der Waals surface area contributed by atoms with E-state index in [0.717, 1.165) is 28.5 Å². The van der Waals surface area contributed by atoms with Crippen molar-refractivity contribution < 1.29 is 22.8 Å². The molecule has 29 heavy (non-hydrogen) atoms. The van der Waals surface area contributed by atoms with E-state index in [1.54, 1.807) is 18.2 Å². The monoisotopic (exact) mass is 398 g/mol. The average Bonchev–Trinajstić information content (AvgIpc) is 2.72. The Hall–Kier alpha value is -3.35. The number of carbonyl (C=O) groups is 2. The van der Waals surface area contributed by atoms with Crippen molar-refractivity contribution in [1.29, 1.82) is 0 Å². The summed E-state index contributed by atoms with van der Waals surface area (Å²) in [5.41, 5.74) is 1.28. The summed E-state index contributed by atoms with van der Waals surface area (Å²) in [4.78, 5) is 25.7. The van der Waals surface area contributed by atoms with Crippen molar-refractivity contribution >= 4 is 22.6 Å². The van der Waals surface area contributed by atoms with Gasteiger partial charge in [-0.05, 0) is 52.2 Å². The van der Waals surface area contributed by atoms with E-state index in [2.05, 4.69) is 5.32 Å². The molecule has 0 atom stereocenters. The number of piperazine rings is 1. The molecule has 0 saturated carbocycles. The van der Waals surface area contributed by atoms with Gasteiger partial charge in [0.15, 0.2) is 0 Å². The second kappa shape index (κ2) is 7.24. The average molecular weight is 398 g/mol. The zero-order valence-corrected chi connectivity index (χ0v) is 15.3. The number of nitrogens with zero attached hydrogens (tertiary/aromatic N) is 1. The van der Waals surface area contributed by atoms with Crippen molar-refractivity contribution in [3.63, 3.8) is 0 Å². The minimum Gasteiger partial charge on any atom is -0.353 e. The van der Waals surface area contributed by atoms with Crippen LogP contribution in [0.25, 0.3) is 21.9 Å². The Bertz CT molecular complexity index is 1090. The highest BCUT2D eigenvalue weighted by molar-refractivity contribution is 6.01. The van der Waals surface area contributed by atoms with Crippen LogP contribution in [-0.2, 0) is 11.0 Å². The molecule has 1 heterocycles. The molecule has 0 unspecified atom stereocenters. The van der Waals surface area contributed by atoms with Gasteiger partial charge in [0.1, 0.15) is 0 Å². The molecule has 1 N–H and O–H groups in total. The number of benzene rings is 3. The normalized spacial score (nSPS) is 14.7. The number of hydrogen-bond acceptors (Lipinski definition) is 2. The highest BCUT2D eigenvalue weighted by Crippen LogP contribution is 2.32. The molecule has 7 heteroatoms. The number of rotatable bonds is 2. The molecule has 0 bridgehead atoms. The van der Waals surface area contributed by atoms with Crippen LogP contribution < -0.4 is 5.32 Å². The first-order chi connectivity index (χ1) is 13.8. The van der Waals surface area contributed by atoms with Gasteiger partial charge in [-0.25, -0.2) is 0 Å². The molecule has 4 rings (SSSR count). The maximum atomic E-state index is 12.7. The zero-order chi connectivity index (χ0) is 20.6. The predicted molar refractivity (Wildman–Crippen MR) is 103 cm³/mol. The zero-order valence-electron chi connectivity index (χ0n) is 15.3. The molecule has 1 aliphatic rings. The summed E-state index contributed by atoms with van der Waals surface area (Å²) in [6, 6.07) is 15.8. The number of hydrogen-bond donors (Lipinski definition) is 1. The number of nitrogens with one attached hydrogen (secondary N) is 1. The van der Waals surface area contributed by atoms with Crippen LogP contribution >= 0.6 is 0 Å². The minimum atomic E-state index is -4.36. The quantitative estimate of drug-likeness (QED) is 0.707. The molecule has 3 aromatic rings. The standard InChI is InChI=1S/C22H17F3N2O2/c23-22(24,25)19-7-5-14(6-8-19)15-1-2-17-12-18(4-3-16(17)11-15)21(29)27-10-9-26-20(28)13-27/h1-8,11-12H,9-10,13H2,(H,26,28). The van der Waals surface area contributed by atoms with E-state index in [9.17, 15) is 22.8 Å². The lowest BCUT2D eigenvalue weighted by Crippen LogP contribution is -2.49. The van der Waals surface area contributed by atoms with E-state index in [1.807, 2.05) is 18.2 Å². The van der Waals surface area contributed by atoms with E-state index < -0.39 is 11.7 Å². The molecular weight excluding hydrogens is 381 g/mol. The van der Waals surface area contributed by atoms with Crippen LogP contribution in [0.5, 0.6) is 0 Å². The van der Waals surface area contributed by atoms with Gasteiger partial charge in [-0.1, -0.05) is 30.3 Å². The molecular formula is C22H17F3N2O2. The first kappa shape index (κ1) is 19.0. The number of halogens is 3. The van der Waals surface area contributed by atoms with Gasteiger partial charge in [0.25, 0.3) is 5.91 Å². The molecule has 1 saturated heterocycles. The third-order valence-corrected chi connectivity index (χ3v) is 4.96. The molecule has 0 aromatic heterocycles. The summed E-state index contributed by atoms with van der Waals surface area (Å²) in [6.07, 6.45) is -4.36.